The molecule has 3 nitrogen and oxygen atoms in total. The largest absolute Gasteiger partial charge is 0.456 e. The molecule has 0 aliphatic rings. The van der Waals surface area contributed by atoms with E-state index in [0.29, 0.717) is 0 Å². The van der Waals surface area contributed by atoms with Crippen LogP contribution in [0.5, 0.6) is 0 Å². The van der Waals surface area contributed by atoms with Gasteiger partial charge in [0.1, 0.15) is 11.2 Å². The number of hydrogen-bond donors (Lipinski definition) is 0. The van der Waals surface area contributed by atoms with Crippen molar-refractivity contribution in [1.29, 1.82) is 0 Å². The number of para-hydroxylation sites is 2. The van der Waals surface area contributed by atoms with Gasteiger partial charge < -0.3 is 13.9 Å². The van der Waals surface area contributed by atoms with Gasteiger partial charge in [0.25, 0.3) is 0 Å². The average Bonchev–Trinajstić information content (AvgIpc) is 3.97. The molecule has 2 aromatic heterocycles. The zero-order valence-electron chi connectivity index (χ0n) is 37.7. The molecule has 0 saturated carbocycles. The molecule has 0 aliphatic carbocycles. The molecule has 11 aromatic carbocycles. The summed E-state index contributed by atoms with van der Waals surface area (Å²) in [7, 11) is 0. The minimum atomic E-state index is 0.885. The fraction of sp³-hybridized carbons (Fsp3) is 0. The molecular weight excluding hydrogens is 837 g/mol. The van der Waals surface area contributed by atoms with Crippen molar-refractivity contribution in [1.82, 2.24) is 4.57 Å². The van der Waals surface area contributed by atoms with Crippen LogP contribution in [-0.2, 0) is 0 Å². The van der Waals surface area contributed by atoms with E-state index in [2.05, 4.69) is 270 Å². The molecule has 0 bridgehead atoms. The van der Waals surface area contributed by atoms with Crippen molar-refractivity contribution in [3.05, 3.63) is 267 Å². The maximum Gasteiger partial charge on any atom is 0.136 e. The standard InChI is InChI=1S/C66H44N2O/c1-3-13-45(14-4-1)51-17-11-19-57(41-51)67(56-37-31-50(32-38-56)54-34-40-62-61-39-33-53(46-15-5-2-6-16-46)43-65(61)69-66(62)44-54)55-35-29-48(30-36-55)47-25-27-49(28-26-47)52-18-12-20-58(42-52)68-63-23-9-7-21-59(63)60-22-8-10-24-64(60)68/h1-44H. The topological polar surface area (TPSA) is 21.3 Å². The molecule has 0 radical (unpaired) electrons. The minimum Gasteiger partial charge on any atom is -0.456 e. The quantitative estimate of drug-likeness (QED) is 0.144. The Labute approximate surface area is 401 Å². The number of nitrogens with zero attached hydrogens (tertiary/aromatic N) is 2. The molecule has 13 rings (SSSR count). The SMILES string of the molecule is c1ccc(-c2cccc(N(c3ccc(-c4ccc(-c5cccc(-n6c7ccccc7c7ccccc76)c5)cc4)cc3)c3ccc(-c4ccc5c(c4)oc4cc(-c6ccccc6)ccc45)cc3)c2)cc1. The molecule has 0 N–H and O–H groups in total. The number of benzene rings is 11. The molecule has 69 heavy (non-hydrogen) atoms. The van der Waals surface area contributed by atoms with Gasteiger partial charge in [0.05, 0.1) is 11.0 Å². The van der Waals surface area contributed by atoms with Gasteiger partial charge in [-0.25, -0.2) is 0 Å². The second-order valence-electron chi connectivity index (χ2n) is 17.7. The number of hydrogen-bond acceptors (Lipinski definition) is 2. The fourth-order valence-corrected chi connectivity index (χ4v) is 10.2. The van der Waals surface area contributed by atoms with Crippen LogP contribution in [0.15, 0.2) is 271 Å². The fourth-order valence-electron chi connectivity index (χ4n) is 10.2. The van der Waals surface area contributed by atoms with Crippen LogP contribution in [0.4, 0.5) is 17.1 Å². The van der Waals surface area contributed by atoms with Crippen molar-refractivity contribution in [2.45, 2.75) is 0 Å². The minimum absolute atomic E-state index is 0.885. The number of anilines is 3. The lowest BCUT2D eigenvalue weighted by Crippen LogP contribution is -2.10. The smallest absolute Gasteiger partial charge is 0.136 e. The van der Waals surface area contributed by atoms with E-state index in [4.69, 9.17) is 4.42 Å². The summed E-state index contributed by atoms with van der Waals surface area (Å²) in [5.74, 6) is 0. The summed E-state index contributed by atoms with van der Waals surface area (Å²) < 4.78 is 8.88. The zero-order chi connectivity index (χ0) is 45.7. The molecule has 13 aromatic rings. The lowest BCUT2D eigenvalue weighted by molar-refractivity contribution is 0.669. The first-order chi connectivity index (χ1) is 34.2. The third kappa shape index (κ3) is 7.34. The number of furan rings is 1. The molecular formula is C66H44N2O. The van der Waals surface area contributed by atoms with Crippen LogP contribution in [-0.4, -0.2) is 4.57 Å². The van der Waals surface area contributed by atoms with Gasteiger partial charge in [-0.3, -0.25) is 0 Å². The summed E-state index contributed by atoms with van der Waals surface area (Å²) in [4.78, 5) is 2.35. The first kappa shape index (κ1) is 40.1. The molecule has 3 heteroatoms. The van der Waals surface area contributed by atoms with Gasteiger partial charge in [-0.15, -0.1) is 0 Å². The second kappa shape index (κ2) is 16.9. The Kier molecular flexibility index (Phi) is 9.84. The summed E-state index contributed by atoms with van der Waals surface area (Å²) in [5, 5.41) is 4.78. The Hall–Kier alpha value is -9.18. The normalized spacial score (nSPS) is 11.5. The van der Waals surface area contributed by atoms with Gasteiger partial charge >= 0.3 is 0 Å². The molecule has 0 unspecified atom stereocenters. The Morgan fingerprint density at radius 3 is 1.14 bits per heavy atom. The Morgan fingerprint density at radius 2 is 0.623 bits per heavy atom. The van der Waals surface area contributed by atoms with E-state index in [1.54, 1.807) is 0 Å². The predicted octanol–water partition coefficient (Wildman–Crippen LogP) is 18.5. The van der Waals surface area contributed by atoms with Crippen molar-refractivity contribution in [3.63, 3.8) is 0 Å². The van der Waals surface area contributed by atoms with Crippen molar-refractivity contribution in [2.75, 3.05) is 4.90 Å². The van der Waals surface area contributed by atoms with Gasteiger partial charge in [0.15, 0.2) is 0 Å². The number of fused-ring (bicyclic) bond motifs is 6. The maximum absolute atomic E-state index is 6.50. The molecule has 2 heterocycles. The highest BCUT2D eigenvalue weighted by molar-refractivity contribution is 6.09. The van der Waals surface area contributed by atoms with E-state index in [-0.39, 0.29) is 0 Å². The third-order valence-electron chi connectivity index (χ3n) is 13.6. The molecule has 0 atom stereocenters. The highest BCUT2D eigenvalue weighted by Crippen LogP contribution is 2.40. The van der Waals surface area contributed by atoms with E-state index in [1.165, 1.54) is 55.2 Å². The van der Waals surface area contributed by atoms with Crippen molar-refractivity contribution in [2.24, 2.45) is 0 Å². The summed E-state index contributed by atoms with van der Waals surface area (Å²) in [6, 6.07) is 96.0. The van der Waals surface area contributed by atoms with Crippen LogP contribution in [0.3, 0.4) is 0 Å². The van der Waals surface area contributed by atoms with Crippen LogP contribution < -0.4 is 4.90 Å². The van der Waals surface area contributed by atoms with Gasteiger partial charge in [0.2, 0.25) is 0 Å². The lowest BCUT2D eigenvalue weighted by Gasteiger charge is -2.26. The predicted molar refractivity (Wildman–Crippen MR) is 290 cm³/mol. The van der Waals surface area contributed by atoms with E-state index >= 15 is 0 Å². The monoisotopic (exact) mass is 880 g/mol. The van der Waals surface area contributed by atoms with E-state index in [0.717, 1.165) is 66.9 Å². The Balaban J connectivity index is 0.808. The van der Waals surface area contributed by atoms with Gasteiger partial charge in [-0.1, -0.05) is 182 Å². The number of rotatable bonds is 9. The third-order valence-corrected chi connectivity index (χ3v) is 13.6. The van der Waals surface area contributed by atoms with Crippen molar-refractivity contribution >= 4 is 60.8 Å². The Morgan fingerprint density at radius 1 is 0.246 bits per heavy atom. The highest BCUT2D eigenvalue weighted by atomic mass is 16.3. The summed E-state index contributed by atoms with van der Waals surface area (Å²) in [6.45, 7) is 0. The van der Waals surface area contributed by atoms with Gasteiger partial charge in [0, 0.05) is 44.3 Å². The summed E-state index contributed by atoms with van der Waals surface area (Å²) in [6.07, 6.45) is 0. The van der Waals surface area contributed by atoms with Crippen LogP contribution >= 0.6 is 0 Å². The van der Waals surface area contributed by atoms with Crippen LogP contribution in [0.1, 0.15) is 0 Å². The average molecular weight is 881 g/mol. The zero-order valence-corrected chi connectivity index (χ0v) is 37.7. The lowest BCUT2D eigenvalue weighted by atomic mass is 9.99. The van der Waals surface area contributed by atoms with Crippen LogP contribution in [0.25, 0.3) is 105 Å². The van der Waals surface area contributed by atoms with Gasteiger partial charge in [-0.2, -0.15) is 0 Å². The molecule has 0 fully saturated rings. The first-order valence-corrected chi connectivity index (χ1v) is 23.6. The highest BCUT2D eigenvalue weighted by Gasteiger charge is 2.17. The molecule has 0 saturated heterocycles. The molecule has 0 spiro atoms. The van der Waals surface area contributed by atoms with Crippen LogP contribution in [0.2, 0.25) is 0 Å². The van der Waals surface area contributed by atoms with Crippen molar-refractivity contribution in [3.8, 4) is 61.3 Å². The second-order valence-corrected chi connectivity index (χ2v) is 17.7. The van der Waals surface area contributed by atoms with Crippen molar-refractivity contribution < 1.29 is 4.42 Å². The Bertz CT molecular complexity index is 3930. The van der Waals surface area contributed by atoms with E-state index < -0.39 is 0 Å². The molecule has 324 valence electrons. The summed E-state index contributed by atoms with van der Waals surface area (Å²) in [5.41, 5.74) is 20.2. The summed E-state index contributed by atoms with van der Waals surface area (Å²) >= 11 is 0. The molecule has 0 amide bonds. The van der Waals surface area contributed by atoms with Gasteiger partial charge in [-0.05, 0) is 141 Å². The van der Waals surface area contributed by atoms with Crippen LogP contribution in [0, 0.1) is 0 Å². The molecule has 0 aliphatic heterocycles. The number of aromatic nitrogens is 1. The van der Waals surface area contributed by atoms with E-state index in [9.17, 15) is 0 Å². The van der Waals surface area contributed by atoms with E-state index in [1.807, 2.05) is 6.07 Å². The maximum atomic E-state index is 6.50. The first-order valence-electron chi connectivity index (χ1n) is 23.6.